The second-order valence-electron chi connectivity index (χ2n) is 6.02. The maximum atomic E-state index is 12.9. The van der Waals surface area contributed by atoms with Crippen molar-refractivity contribution in [2.24, 2.45) is 0 Å². The standard InChI is InChI=1S/C19H14BrN3O7/c1-2-30-15-8-10(7-14(20)16(15)24)6-13-17(25)21-19(27)22(18(13)26)11-4-3-5-12(9-11)23(28)29/h3-9,24H,2H2,1H3,(H,21,25,27). The molecular weight excluding hydrogens is 462 g/mol. The van der Waals surface area contributed by atoms with Crippen LogP contribution in [0.1, 0.15) is 12.5 Å². The third-order valence-electron chi connectivity index (χ3n) is 4.06. The molecule has 0 atom stereocenters. The van der Waals surface area contributed by atoms with Gasteiger partial charge in [0.2, 0.25) is 0 Å². The molecule has 1 heterocycles. The van der Waals surface area contributed by atoms with Gasteiger partial charge in [-0.2, -0.15) is 0 Å². The number of nitro benzene ring substituents is 1. The maximum absolute atomic E-state index is 12.9. The minimum atomic E-state index is -1.02. The van der Waals surface area contributed by atoms with Crippen molar-refractivity contribution in [3.63, 3.8) is 0 Å². The Labute approximate surface area is 178 Å². The highest BCUT2D eigenvalue weighted by atomic mass is 79.9. The minimum Gasteiger partial charge on any atom is -0.503 e. The van der Waals surface area contributed by atoms with Crippen LogP contribution in [0, 0.1) is 10.1 Å². The van der Waals surface area contributed by atoms with Gasteiger partial charge in [-0.25, -0.2) is 9.69 Å². The van der Waals surface area contributed by atoms with Crippen molar-refractivity contribution in [1.29, 1.82) is 0 Å². The SMILES string of the molecule is CCOc1cc(C=C2C(=O)NC(=O)N(c3cccc([N+](=O)[O-])c3)C2=O)cc(Br)c1O. The predicted octanol–water partition coefficient (Wildman–Crippen LogP) is 3.13. The fraction of sp³-hybridized carbons (Fsp3) is 0.105. The highest BCUT2D eigenvalue weighted by Gasteiger charge is 2.37. The molecule has 1 fully saturated rings. The molecule has 2 aromatic carbocycles. The number of hydrogen-bond donors (Lipinski definition) is 2. The highest BCUT2D eigenvalue weighted by molar-refractivity contribution is 9.10. The molecule has 3 rings (SSSR count). The van der Waals surface area contributed by atoms with E-state index in [2.05, 4.69) is 15.9 Å². The van der Waals surface area contributed by atoms with Crippen LogP contribution in [0.15, 0.2) is 46.4 Å². The summed E-state index contributed by atoms with van der Waals surface area (Å²) in [5, 5.41) is 23.1. The first kappa shape index (κ1) is 21.0. The molecule has 11 heteroatoms. The number of phenolic OH excluding ortho intramolecular Hbond substituents is 1. The van der Waals surface area contributed by atoms with Crippen molar-refractivity contribution in [3.8, 4) is 11.5 Å². The van der Waals surface area contributed by atoms with Crippen LogP contribution in [-0.2, 0) is 9.59 Å². The number of amides is 4. The van der Waals surface area contributed by atoms with Crippen molar-refractivity contribution in [1.82, 2.24) is 5.32 Å². The molecule has 0 bridgehead atoms. The molecule has 0 unspecified atom stereocenters. The number of anilines is 1. The number of barbiturate groups is 1. The van der Waals surface area contributed by atoms with E-state index in [9.17, 15) is 29.6 Å². The largest absolute Gasteiger partial charge is 0.503 e. The number of halogens is 1. The average molecular weight is 476 g/mol. The summed E-state index contributed by atoms with van der Waals surface area (Å²) in [5.41, 5.74) is -0.414. The number of ether oxygens (including phenoxy) is 1. The Kier molecular flexibility index (Phi) is 5.83. The van der Waals surface area contributed by atoms with Crippen LogP contribution in [-0.4, -0.2) is 34.5 Å². The monoisotopic (exact) mass is 475 g/mol. The van der Waals surface area contributed by atoms with E-state index in [1.807, 2.05) is 5.32 Å². The Bertz CT molecular complexity index is 1110. The van der Waals surface area contributed by atoms with Crippen LogP contribution in [0.3, 0.4) is 0 Å². The van der Waals surface area contributed by atoms with Gasteiger partial charge in [-0.1, -0.05) is 6.07 Å². The number of urea groups is 1. The zero-order chi connectivity index (χ0) is 22.0. The molecule has 1 aliphatic heterocycles. The van der Waals surface area contributed by atoms with Gasteiger partial charge in [-0.05, 0) is 52.7 Å². The quantitative estimate of drug-likeness (QED) is 0.293. The number of imide groups is 2. The highest BCUT2D eigenvalue weighted by Crippen LogP contribution is 2.36. The van der Waals surface area contributed by atoms with Crippen molar-refractivity contribution >= 4 is 51.2 Å². The lowest BCUT2D eigenvalue weighted by Gasteiger charge is -2.26. The van der Waals surface area contributed by atoms with Gasteiger partial charge in [0.25, 0.3) is 17.5 Å². The van der Waals surface area contributed by atoms with Crippen molar-refractivity contribution < 1.29 is 29.2 Å². The van der Waals surface area contributed by atoms with Gasteiger partial charge in [0, 0.05) is 12.1 Å². The molecule has 4 amide bonds. The number of benzene rings is 2. The van der Waals surface area contributed by atoms with E-state index in [1.165, 1.54) is 36.4 Å². The van der Waals surface area contributed by atoms with E-state index in [0.717, 1.165) is 6.07 Å². The molecule has 0 spiro atoms. The van der Waals surface area contributed by atoms with Gasteiger partial charge in [-0.3, -0.25) is 25.0 Å². The van der Waals surface area contributed by atoms with Gasteiger partial charge in [0.05, 0.1) is 21.7 Å². The maximum Gasteiger partial charge on any atom is 0.335 e. The molecule has 0 aromatic heterocycles. The molecule has 1 saturated heterocycles. The first-order valence-corrected chi connectivity index (χ1v) is 9.33. The van der Waals surface area contributed by atoms with E-state index in [4.69, 9.17) is 4.74 Å². The summed E-state index contributed by atoms with van der Waals surface area (Å²) >= 11 is 3.17. The Morgan fingerprint density at radius 2 is 2.00 bits per heavy atom. The zero-order valence-corrected chi connectivity index (χ0v) is 17.0. The lowest BCUT2D eigenvalue weighted by atomic mass is 10.1. The van der Waals surface area contributed by atoms with Crippen LogP contribution < -0.4 is 15.0 Å². The Hall–Kier alpha value is -3.73. The van der Waals surface area contributed by atoms with Crippen LogP contribution in [0.25, 0.3) is 6.08 Å². The predicted molar refractivity (Wildman–Crippen MR) is 109 cm³/mol. The van der Waals surface area contributed by atoms with Crippen molar-refractivity contribution in [3.05, 3.63) is 62.1 Å². The van der Waals surface area contributed by atoms with E-state index in [1.54, 1.807) is 6.92 Å². The number of nitrogens with zero attached hydrogens (tertiary/aromatic N) is 2. The van der Waals surface area contributed by atoms with Gasteiger partial charge in [0.1, 0.15) is 5.57 Å². The van der Waals surface area contributed by atoms with Crippen LogP contribution in [0.4, 0.5) is 16.2 Å². The minimum absolute atomic E-state index is 0.0630. The van der Waals surface area contributed by atoms with E-state index in [0.29, 0.717) is 10.5 Å². The molecular formula is C19H14BrN3O7. The summed E-state index contributed by atoms with van der Waals surface area (Å²) in [6.07, 6.45) is 1.22. The number of phenols is 1. The lowest BCUT2D eigenvalue weighted by molar-refractivity contribution is -0.384. The number of aromatic hydroxyl groups is 1. The summed E-state index contributed by atoms with van der Waals surface area (Å²) < 4.78 is 5.59. The zero-order valence-electron chi connectivity index (χ0n) is 15.4. The molecule has 0 saturated carbocycles. The number of hydrogen-bond acceptors (Lipinski definition) is 7. The summed E-state index contributed by atoms with van der Waals surface area (Å²) in [6.45, 7) is 1.99. The number of carbonyl (C=O) groups excluding carboxylic acids is 3. The molecule has 10 nitrogen and oxygen atoms in total. The molecule has 2 N–H and O–H groups in total. The second-order valence-corrected chi connectivity index (χ2v) is 6.87. The summed E-state index contributed by atoms with van der Waals surface area (Å²) in [6, 6.07) is 6.77. The molecule has 0 aliphatic carbocycles. The van der Waals surface area contributed by atoms with Crippen LogP contribution in [0.2, 0.25) is 0 Å². The molecule has 154 valence electrons. The number of nitro groups is 1. The van der Waals surface area contributed by atoms with E-state index in [-0.39, 0.29) is 39.5 Å². The number of carbonyl (C=O) groups is 3. The number of nitrogens with one attached hydrogen (secondary N) is 1. The Balaban J connectivity index is 2.05. The normalized spacial score (nSPS) is 15.3. The van der Waals surface area contributed by atoms with Gasteiger partial charge in [0.15, 0.2) is 11.5 Å². The summed E-state index contributed by atoms with van der Waals surface area (Å²) in [7, 11) is 0. The van der Waals surface area contributed by atoms with E-state index < -0.39 is 22.8 Å². The average Bonchev–Trinajstić information content (AvgIpc) is 2.69. The van der Waals surface area contributed by atoms with Gasteiger partial charge in [-0.15, -0.1) is 0 Å². The van der Waals surface area contributed by atoms with Crippen LogP contribution in [0.5, 0.6) is 11.5 Å². The molecule has 2 aromatic rings. The Morgan fingerprint density at radius 3 is 2.67 bits per heavy atom. The summed E-state index contributed by atoms with van der Waals surface area (Å²) in [5.74, 6) is -1.89. The van der Waals surface area contributed by atoms with Gasteiger partial charge < -0.3 is 9.84 Å². The molecule has 30 heavy (non-hydrogen) atoms. The summed E-state index contributed by atoms with van der Waals surface area (Å²) in [4.78, 5) is 48.4. The number of non-ortho nitro benzene ring substituents is 1. The van der Waals surface area contributed by atoms with Crippen molar-refractivity contribution in [2.75, 3.05) is 11.5 Å². The first-order chi connectivity index (χ1) is 14.2. The van der Waals surface area contributed by atoms with Crippen LogP contribution >= 0.6 is 15.9 Å². The fourth-order valence-electron chi connectivity index (χ4n) is 2.75. The molecule has 1 aliphatic rings. The van der Waals surface area contributed by atoms with E-state index >= 15 is 0 Å². The first-order valence-electron chi connectivity index (χ1n) is 8.54. The van der Waals surface area contributed by atoms with Crippen molar-refractivity contribution in [2.45, 2.75) is 6.92 Å². The Morgan fingerprint density at radius 1 is 1.27 bits per heavy atom. The smallest absolute Gasteiger partial charge is 0.335 e. The fourth-order valence-corrected chi connectivity index (χ4v) is 3.21. The number of rotatable bonds is 5. The third kappa shape index (κ3) is 4.01. The van der Waals surface area contributed by atoms with Gasteiger partial charge >= 0.3 is 6.03 Å². The third-order valence-corrected chi connectivity index (χ3v) is 4.67. The lowest BCUT2D eigenvalue weighted by Crippen LogP contribution is -2.54. The molecule has 0 radical (unpaired) electrons. The second kappa shape index (κ2) is 8.33. The topological polar surface area (TPSA) is 139 Å².